The SMILES string of the molecule is CC(C)CNCCCNCc1cc(Cl)cc(Br)c1. The predicted molar refractivity (Wildman–Crippen MR) is 83.2 cm³/mol. The average Bonchev–Trinajstić information content (AvgIpc) is 2.26. The molecule has 0 aliphatic heterocycles. The van der Waals surface area contributed by atoms with Gasteiger partial charge in [0.05, 0.1) is 0 Å². The summed E-state index contributed by atoms with van der Waals surface area (Å²) in [5, 5.41) is 7.64. The molecule has 0 saturated heterocycles. The van der Waals surface area contributed by atoms with Crippen molar-refractivity contribution in [3.8, 4) is 0 Å². The molecule has 0 radical (unpaired) electrons. The Balaban J connectivity index is 2.10. The lowest BCUT2D eigenvalue weighted by molar-refractivity contribution is 0.530. The van der Waals surface area contributed by atoms with Crippen LogP contribution in [0.25, 0.3) is 0 Å². The summed E-state index contributed by atoms with van der Waals surface area (Å²) >= 11 is 9.44. The van der Waals surface area contributed by atoms with Gasteiger partial charge in [-0.25, -0.2) is 0 Å². The van der Waals surface area contributed by atoms with Gasteiger partial charge in [-0.2, -0.15) is 0 Å². The maximum Gasteiger partial charge on any atom is 0.0420 e. The Bertz CT molecular complexity index is 335. The summed E-state index contributed by atoms with van der Waals surface area (Å²) in [4.78, 5) is 0. The van der Waals surface area contributed by atoms with Crippen LogP contribution in [0, 0.1) is 5.92 Å². The zero-order valence-corrected chi connectivity index (χ0v) is 13.4. The van der Waals surface area contributed by atoms with E-state index >= 15 is 0 Å². The quantitative estimate of drug-likeness (QED) is 0.707. The van der Waals surface area contributed by atoms with Gasteiger partial charge in [0.1, 0.15) is 0 Å². The number of hydrogen-bond donors (Lipinski definition) is 2. The fourth-order valence-corrected chi connectivity index (χ4v) is 2.61. The van der Waals surface area contributed by atoms with E-state index in [1.807, 2.05) is 12.1 Å². The van der Waals surface area contributed by atoms with Crippen LogP contribution >= 0.6 is 27.5 Å². The molecule has 4 heteroatoms. The van der Waals surface area contributed by atoms with Crippen LogP contribution in [0.2, 0.25) is 5.02 Å². The third-order valence-electron chi connectivity index (χ3n) is 2.51. The van der Waals surface area contributed by atoms with Crippen molar-refractivity contribution in [2.24, 2.45) is 5.92 Å². The van der Waals surface area contributed by atoms with Crippen molar-refractivity contribution >= 4 is 27.5 Å². The topological polar surface area (TPSA) is 24.1 Å². The smallest absolute Gasteiger partial charge is 0.0420 e. The predicted octanol–water partition coefficient (Wildman–Crippen LogP) is 3.83. The molecule has 0 fully saturated rings. The molecule has 0 heterocycles. The van der Waals surface area contributed by atoms with Crippen LogP contribution in [0.1, 0.15) is 25.8 Å². The third-order valence-corrected chi connectivity index (χ3v) is 3.19. The van der Waals surface area contributed by atoms with Gasteiger partial charge >= 0.3 is 0 Å². The molecule has 0 bridgehead atoms. The van der Waals surface area contributed by atoms with Gasteiger partial charge in [-0.05, 0) is 55.7 Å². The minimum atomic E-state index is 0.724. The Morgan fingerprint density at radius 3 is 2.56 bits per heavy atom. The molecule has 0 aliphatic carbocycles. The van der Waals surface area contributed by atoms with Gasteiger partial charge in [-0.3, -0.25) is 0 Å². The summed E-state index contributed by atoms with van der Waals surface area (Å²) < 4.78 is 1.03. The van der Waals surface area contributed by atoms with Crippen LogP contribution < -0.4 is 10.6 Å². The summed E-state index contributed by atoms with van der Waals surface area (Å²) in [7, 11) is 0. The fourth-order valence-electron chi connectivity index (χ4n) is 1.67. The van der Waals surface area contributed by atoms with E-state index < -0.39 is 0 Å². The lowest BCUT2D eigenvalue weighted by Gasteiger charge is -2.08. The maximum absolute atomic E-state index is 5.99. The summed E-state index contributed by atoms with van der Waals surface area (Å²) in [5.41, 5.74) is 1.21. The van der Waals surface area contributed by atoms with Crippen molar-refractivity contribution in [2.75, 3.05) is 19.6 Å². The highest BCUT2D eigenvalue weighted by molar-refractivity contribution is 9.10. The van der Waals surface area contributed by atoms with E-state index in [1.165, 1.54) is 5.56 Å². The zero-order valence-electron chi connectivity index (χ0n) is 11.1. The molecular weight excluding hydrogens is 312 g/mol. The molecule has 0 atom stereocenters. The molecule has 1 rings (SSSR count). The second-order valence-electron chi connectivity index (χ2n) is 4.91. The molecule has 2 nitrogen and oxygen atoms in total. The molecule has 18 heavy (non-hydrogen) atoms. The Morgan fingerprint density at radius 2 is 1.89 bits per heavy atom. The lowest BCUT2D eigenvalue weighted by Crippen LogP contribution is -2.24. The summed E-state index contributed by atoms with van der Waals surface area (Å²) in [6, 6.07) is 5.99. The minimum Gasteiger partial charge on any atom is -0.316 e. The average molecular weight is 334 g/mol. The van der Waals surface area contributed by atoms with Gasteiger partial charge in [0, 0.05) is 16.0 Å². The minimum absolute atomic E-state index is 0.724. The molecule has 0 unspecified atom stereocenters. The molecule has 0 spiro atoms. The van der Waals surface area contributed by atoms with Gasteiger partial charge in [0.25, 0.3) is 0 Å². The molecule has 0 aromatic heterocycles. The molecule has 0 aliphatic rings. The zero-order chi connectivity index (χ0) is 13.4. The van der Waals surface area contributed by atoms with E-state index in [-0.39, 0.29) is 0 Å². The van der Waals surface area contributed by atoms with Crippen LogP contribution in [-0.4, -0.2) is 19.6 Å². The van der Waals surface area contributed by atoms with E-state index in [0.29, 0.717) is 0 Å². The number of hydrogen-bond acceptors (Lipinski definition) is 2. The standard InChI is InChI=1S/C14H22BrClN2/c1-11(2)9-17-4-3-5-18-10-12-6-13(15)8-14(16)7-12/h6-8,11,17-18H,3-5,9-10H2,1-2H3. The van der Waals surface area contributed by atoms with Crippen LogP contribution in [-0.2, 0) is 6.54 Å². The van der Waals surface area contributed by atoms with Gasteiger partial charge in [-0.1, -0.05) is 41.4 Å². The number of halogens is 2. The van der Waals surface area contributed by atoms with E-state index in [1.54, 1.807) is 0 Å². The first-order chi connectivity index (χ1) is 8.58. The van der Waals surface area contributed by atoms with Crippen molar-refractivity contribution in [2.45, 2.75) is 26.8 Å². The molecule has 0 amide bonds. The van der Waals surface area contributed by atoms with Crippen LogP contribution in [0.15, 0.2) is 22.7 Å². The van der Waals surface area contributed by atoms with E-state index in [4.69, 9.17) is 11.6 Å². The number of benzene rings is 1. The van der Waals surface area contributed by atoms with Crippen molar-refractivity contribution in [1.82, 2.24) is 10.6 Å². The Morgan fingerprint density at radius 1 is 1.17 bits per heavy atom. The summed E-state index contributed by atoms with van der Waals surface area (Å²) in [6.07, 6.45) is 1.15. The highest BCUT2D eigenvalue weighted by Gasteiger charge is 1.98. The Kier molecular flexibility index (Phi) is 7.91. The van der Waals surface area contributed by atoms with Crippen LogP contribution in [0.5, 0.6) is 0 Å². The van der Waals surface area contributed by atoms with Gasteiger partial charge in [-0.15, -0.1) is 0 Å². The molecule has 102 valence electrons. The Hall–Kier alpha value is -0.0900. The molecule has 0 saturated carbocycles. The third kappa shape index (κ3) is 7.37. The van der Waals surface area contributed by atoms with Crippen molar-refractivity contribution in [3.63, 3.8) is 0 Å². The second kappa shape index (κ2) is 8.92. The van der Waals surface area contributed by atoms with Gasteiger partial charge < -0.3 is 10.6 Å². The van der Waals surface area contributed by atoms with Crippen LogP contribution in [0.4, 0.5) is 0 Å². The fraction of sp³-hybridized carbons (Fsp3) is 0.571. The van der Waals surface area contributed by atoms with Crippen molar-refractivity contribution in [1.29, 1.82) is 0 Å². The first-order valence-corrected chi connectivity index (χ1v) is 7.61. The lowest BCUT2D eigenvalue weighted by atomic mass is 10.2. The maximum atomic E-state index is 5.99. The molecule has 2 N–H and O–H groups in total. The summed E-state index contributed by atoms with van der Waals surface area (Å²) in [5.74, 6) is 0.724. The summed E-state index contributed by atoms with van der Waals surface area (Å²) in [6.45, 7) is 8.51. The van der Waals surface area contributed by atoms with E-state index in [2.05, 4.69) is 46.5 Å². The highest BCUT2D eigenvalue weighted by Crippen LogP contribution is 2.19. The molecule has 1 aromatic carbocycles. The van der Waals surface area contributed by atoms with Crippen molar-refractivity contribution < 1.29 is 0 Å². The van der Waals surface area contributed by atoms with Crippen LogP contribution in [0.3, 0.4) is 0 Å². The molecular formula is C14H22BrClN2. The first kappa shape index (κ1) is 16.0. The molecule has 1 aromatic rings. The van der Waals surface area contributed by atoms with Gasteiger partial charge in [0.15, 0.2) is 0 Å². The van der Waals surface area contributed by atoms with E-state index in [0.717, 1.165) is 48.0 Å². The number of nitrogens with one attached hydrogen (secondary N) is 2. The van der Waals surface area contributed by atoms with E-state index in [9.17, 15) is 0 Å². The van der Waals surface area contributed by atoms with Crippen molar-refractivity contribution in [3.05, 3.63) is 33.3 Å². The Labute approximate surface area is 124 Å². The highest BCUT2D eigenvalue weighted by atomic mass is 79.9. The second-order valence-corrected chi connectivity index (χ2v) is 6.26. The van der Waals surface area contributed by atoms with Gasteiger partial charge in [0.2, 0.25) is 0 Å². The monoisotopic (exact) mass is 332 g/mol. The first-order valence-electron chi connectivity index (χ1n) is 6.44. The number of rotatable bonds is 8. The normalized spacial score (nSPS) is 11.2. The largest absolute Gasteiger partial charge is 0.316 e.